The molecule has 1 atom stereocenters. The van der Waals surface area contributed by atoms with Crippen LogP contribution in [0.5, 0.6) is 5.75 Å². The molecule has 28 heavy (non-hydrogen) atoms. The summed E-state index contributed by atoms with van der Waals surface area (Å²) in [6.07, 6.45) is 0. The van der Waals surface area contributed by atoms with Crippen molar-refractivity contribution in [2.45, 2.75) is 19.9 Å². The summed E-state index contributed by atoms with van der Waals surface area (Å²) < 4.78 is 5.41. The number of carboxylic acid groups (broad SMARTS) is 1. The van der Waals surface area contributed by atoms with Gasteiger partial charge in [0.25, 0.3) is 0 Å². The van der Waals surface area contributed by atoms with E-state index in [1.165, 1.54) is 0 Å². The fourth-order valence-corrected chi connectivity index (χ4v) is 4.04. The zero-order valence-corrected chi connectivity index (χ0v) is 16.5. The van der Waals surface area contributed by atoms with E-state index in [0.29, 0.717) is 31.7 Å². The summed E-state index contributed by atoms with van der Waals surface area (Å²) in [4.78, 5) is 16.2. The highest BCUT2D eigenvalue weighted by Gasteiger charge is 2.31. The number of benzene rings is 2. The minimum Gasteiger partial charge on any atom is -0.496 e. The van der Waals surface area contributed by atoms with Gasteiger partial charge < -0.3 is 14.7 Å². The molecule has 1 unspecified atom stereocenters. The van der Waals surface area contributed by atoms with Crippen molar-refractivity contribution < 1.29 is 14.6 Å². The summed E-state index contributed by atoms with van der Waals surface area (Å²) in [6.45, 7) is 6.45. The fraction of sp³-hybridized carbons (Fsp3) is 0.364. The molecule has 1 aliphatic heterocycles. The molecule has 146 valence electrons. The standard InChI is InChI=1S/C22H25N3O3/c1-15-12-18(13-16(2)21(15)28-3)20(22(26)27)25-10-8-24(9-11-25)19-7-5-4-6-17(19)14-23/h4-7,12-13,20H,8-11H2,1-3H3,(H,26,27). The molecule has 0 bridgehead atoms. The number of anilines is 1. The number of hydrogen-bond donors (Lipinski definition) is 1. The molecule has 1 heterocycles. The van der Waals surface area contributed by atoms with E-state index < -0.39 is 12.0 Å². The number of rotatable bonds is 5. The number of methoxy groups -OCH3 is 1. The summed E-state index contributed by atoms with van der Waals surface area (Å²) in [6, 6.07) is 12.9. The molecule has 1 fully saturated rings. The molecule has 2 aromatic carbocycles. The second-order valence-corrected chi connectivity index (χ2v) is 7.08. The summed E-state index contributed by atoms with van der Waals surface area (Å²) in [7, 11) is 1.63. The monoisotopic (exact) mass is 379 g/mol. The van der Waals surface area contributed by atoms with E-state index >= 15 is 0 Å². The number of aryl methyl sites for hydroxylation is 2. The van der Waals surface area contributed by atoms with Gasteiger partial charge in [-0.05, 0) is 42.7 Å². The maximum absolute atomic E-state index is 12.1. The van der Waals surface area contributed by atoms with Gasteiger partial charge in [-0.3, -0.25) is 9.69 Å². The van der Waals surface area contributed by atoms with Crippen molar-refractivity contribution in [3.8, 4) is 11.8 Å². The van der Waals surface area contributed by atoms with Crippen molar-refractivity contribution in [3.63, 3.8) is 0 Å². The molecule has 0 radical (unpaired) electrons. The zero-order chi connectivity index (χ0) is 20.3. The molecule has 1 N–H and O–H groups in total. The highest BCUT2D eigenvalue weighted by Crippen LogP contribution is 2.31. The van der Waals surface area contributed by atoms with Gasteiger partial charge in [-0.25, -0.2) is 0 Å². The maximum Gasteiger partial charge on any atom is 0.325 e. The van der Waals surface area contributed by atoms with Crippen LogP contribution in [0.1, 0.15) is 28.3 Å². The average molecular weight is 379 g/mol. The first-order valence-corrected chi connectivity index (χ1v) is 9.32. The quantitative estimate of drug-likeness (QED) is 0.860. The van der Waals surface area contributed by atoms with Crippen LogP contribution in [0, 0.1) is 25.2 Å². The Morgan fingerprint density at radius 3 is 2.29 bits per heavy atom. The van der Waals surface area contributed by atoms with Gasteiger partial charge in [-0.2, -0.15) is 5.26 Å². The van der Waals surface area contributed by atoms with E-state index in [4.69, 9.17) is 4.74 Å². The Balaban J connectivity index is 1.81. The fourth-order valence-electron chi connectivity index (χ4n) is 4.04. The van der Waals surface area contributed by atoms with Crippen LogP contribution >= 0.6 is 0 Å². The van der Waals surface area contributed by atoms with E-state index in [0.717, 1.165) is 28.1 Å². The molecular formula is C22H25N3O3. The van der Waals surface area contributed by atoms with Crippen LogP contribution in [0.3, 0.4) is 0 Å². The number of para-hydroxylation sites is 1. The number of hydrogen-bond acceptors (Lipinski definition) is 5. The van der Waals surface area contributed by atoms with Crippen molar-refractivity contribution in [1.82, 2.24) is 4.90 Å². The van der Waals surface area contributed by atoms with Crippen molar-refractivity contribution >= 4 is 11.7 Å². The van der Waals surface area contributed by atoms with Crippen LogP contribution < -0.4 is 9.64 Å². The van der Waals surface area contributed by atoms with Gasteiger partial charge in [0.1, 0.15) is 17.9 Å². The number of carbonyl (C=O) groups is 1. The Hall–Kier alpha value is -3.04. The van der Waals surface area contributed by atoms with Gasteiger partial charge in [0.2, 0.25) is 0 Å². The van der Waals surface area contributed by atoms with E-state index in [2.05, 4.69) is 11.0 Å². The summed E-state index contributed by atoms with van der Waals surface area (Å²) in [5.74, 6) is -0.0549. The zero-order valence-electron chi connectivity index (χ0n) is 16.5. The van der Waals surface area contributed by atoms with Crippen LogP contribution in [-0.4, -0.2) is 49.3 Å². The predicted octanol–water partition coefficient (Wildman–Crippen LogP) is 3.13. The second kappa shape index (κ2) is 8.32. The normalized spacial score (nSPS) is 15.7. The van der Waals surface area contributed by atoms with E-state index in [1.54, 1.807) is 7.11 Å². The van der Waals surface area contributed by atoms with Crippen molar-refractivity contribution in [2.75, 3.05) is 38.2 Å². The molecule has 3 rings (SSSR count). The minimum atomic E-state index is -0.852. The highest BCUT2D eigenvalue weighted by atomic mass is 16.5. The maximum atomic E-state index is 12.1. The molecule has 6 heteroatoms. The highest BCUT2D eigenvalue weighted by molar-refractivity contribution is 5.76. The number of nitrogens with zero attached hydrogens (tertiary/aromatic N) is 3. The molecule has 0 saturated carbocycles. The molecule has 6 nitrogen and oxygen atoms in total. The van der Waals surface area contributed by atoms with Crippen LogP contribution in [0.15, 0.2) is 36.4 Å². The lowest BCUT2D eigenvalue weighted by molar-refractivity contribution is -0.143. The second-order valence-electron chi connectivity index (χ2n) is 7.08. The van der Waals surface area contributed by atoms with Crippen molar-refractivity contribution in [3.05, 3.63) is 58.7 Å². The summed E-state index contributed by atoms with van der Waals surface area (Å²) in [5, 5.41) is 19.3. The van der Waals surface area contributed by atoms with Crippen LogP contribution in [0.2, 0.25) is 0 Å². The number of carboxylic acids is 1. The summed E-state index contributed by atoms with van der Waals surface area (Å²) in [5.41, 5.74) is 4.20. The van der Waals surface area contributed by atoms with E-state index in [-0.39, 0.29) is 0 Å². The first-order valence-electron chi connectivity index (χ1n) is 9.32. The topological polar surface area (TPSA) is 76.8 Å². The van der Waals surface area contributed by atoms with E-state index in [9.17, 15) is 15.2 Å². The molecule has 0 amide bonds. The van der Waals surface area contributed by atoms with Crippen LogP contribution in [0.25, 0.3) is 0 Å². The Labute approximate surface area is 165 Å². The Morgan fingerprint density at radius 1 is 1.14 bits per heavy atom. The molecule has 1 saturated heterocycles. The van der Waals surface area contributed by atoms with Gasteiger partial charge in [0, 0.05) is 26.2 Å². The third kappa shape index (κ3) is 3.80. The lowest BCUT2D eigenvalue weighted by Crippen LogP contribution is -2.49. The molecule has 0 spiro atoms. The van der Waals surface area contributed by atoms with Gasteiger partial charge in [-0.1, -0.05) is 24.3 Å². The van der Waals surface area contributed by atoms with Crippen LogP contribution in [-0.2, 0) is 4.79 Å². The Kier molecular flexibility index (Phi) is 5.86. The predicted molar refractivity (Wildman–Crippen MR) is 108 cm³/mol. The number of nitriles is 1. The van der Waals surface area contributed by atoms with Gasteiger partial charge in [0.05, 0.1) is 18.4 Å². The Morgan fingerprint density at radius 2 is 1.75 bits per heavy atom. The molecule has 0 aliphatic carbocycles. The lowest BCUT2D eigenvalue weighted by Gasteiger charge is -2.39. The lowest BCUT2D eigenvalue weighted by atomic mass is 9.98. The molecular weight excluding hydrogens is 354 g/mol. The van der Waals surface area contributed by atoms with E-state index in [1.807, 2.05) is 55.1 Å². The number of ether oxygens (including phenoxy) is 1. The third-order valence-corrected chi connectivity index (χ3v) is 5.28. The number of piperazine rings is 1. The van der Waals surface area contributed by atoms with Gasteiger partial charge in [0.15, 0.2) is 0 Å². The SMILES string of the molecule is COc1c(C)cc(C(C(=O)O)N2CCN(c3ccccc3C#N)CC2)cc1C. The largest absolute Gasteiger partial charge is 0.496 e. The van der Waals surface area contributed by atoms with Crippen molar-refractivity contribution in [2.24, 2.45) is 0 Å². The summed E-state index contributed by atoms with van der Waals surface area (Å²) >= 11 is 0. The third-order valence-electron chi connectivity index (χ3n) is 5.28. The number of aliphatic carboxylic acids is 1. The molecule has 2 aromatic rings. The first kappa shape index (κ1) is 19.7. The smallest absolute Gasteiger partial charge is 0.325 e. The van der Waals surface area contributed by atoms with Crippen molar-refractivity contribution in [1.29, 1.82) is 5.26 Å². The molecule has 1 aliphatic rings. The average Bonchev–Trinajstić information content (AvgIpc) is 2.68. The molecule has 0 aromatic heterocycles. The first-order chi connectivity index (χ1) is 13.5. The van der Waals surface area contributed by atoms with Gasteiger partial charge >= 0.3 is 5.97 Å². The van der Waals surface area contributed by atoms with Crippen LogP contribution in [0.4, 0.5) is 5.69 Å². The Bertz CT molecular complexity index is 888. The minimum absolute atomic E-state index is 0.612. The van der Waals surface area contributed by atoms with Gasteiger partial charge in [-0.15, -0.1) is 0 Å².